The quantitative estimate of drug-likeness (QED) is 0.880. The van der Waals surface area contributed by atoms with Gasteiger partial charge in [-0.2, -0.15) is 5.26 Å². The van der Waals surface area contributed by atoms with E-state index in [4.69, 9.17) is 5.26 Å². The molecular formula is C15H20N4. The van der Waals surface area contributed by atoms with Gasteiger partial charge in [-0.3, -0.25) is 0 Å². The van der Waals surface area contributed by atoms with Gasteiger partial charge in [0.2, 0.25) is 0 Å². The lowest BCUT2D eigenvalue weighted by Gasteiger charge is -2.40. The number of anilines is 1. The number of hydrogen-bond donors (Lipinski definition) is 1. The van der Waals surface area contributed by atoms with Crippen LogP contribution < -0.4 is 10.2 Å². The molecule has 2 aliphatic heterocycles. The fourth-order valence-corrected chi connectivity index (χ4v) is 3.35. The topological polar surface area (TPSA) is 52.0 Å². The van der Waals surface area contributed by atoms with Crippen LogP contribution in [0.5, 0.6) is 0 Å². The maximum Gasteiger partial charge on any atom is 0.130 e. The van der Waals surface area contributed by atoms with Crippen LogP contribution in [0.4, 0.5) is 5.82 Å². The van der Waals surface area contributed by atoms with Gasteiger partial charge in [-0.25, -0.2) is 4.98 Å². The Labute approximate surface area is 114 Å². The molecule has 0 saturated carbocycles. The van der Waals surface area contributed by atoms with Crippen molar-refractivity contribution in [2.45, 2.75) is 44.2 Å². The maximum atomic E-state index is 9.03. The first-order valence-corrected chi connectivity index (χ1v) is 7.24. The number of aromatic nitrogens is 1. The normalized spacial score (nSPS) is 27.2. The number of piperidine rings is 1. The molecule has 3 rings (SSSR count). The van der Waals surface area contributed by atoms with Crippen molar-refractivity contribution >= 4 is 5.82 Å². The smallest absolute Gasteiger partial charge is 0.130 e. The fraction of sp³-hybridized carbons (Fsp3) is 0.600. The zero-order valence-corrected chi connectivity index (χ0v) is 11.2. The van der Waals surface area contributed by atoms with Gasteiger partial charge >= 0.3 is 0 Å². The summed E-state index contributed by atoms with van der Waals surface area (Å²) in [6, 6.07) is 7.04. The van der Waals surface area contributed by atoms with E-state index in [1.54, 1.807) is 12.3 Å². The van der Waals surface area contributed by atoms with Gasteiger partial charge in [-0.15, -0.1) is 0 Å². The fourth-order valence-electron chi connectivity index (χ4n) is 3.35. The Morgan fingerprint density at radius 1 is 1.32 bits per heavy atom. The predicted octanol–water partition coefficient (Wildman–Crippen LogP) is 2.06. The van der Waals surface area contributed by atoms with E-state index in [2.05, 4.69) is 21.3 Å². The molecule has 4 nitrogen and oxygen atoms in total. The molecule has 3 heterocycles. The largest absolute Gasteiger partial charge is 0.352 e. The van der Waals surface area contributed by atoms with Gasteiger partial charge in [0, 0.05) is 24.8 Å². The summed E-state index contributed by atoms with van der Waals surface area (Å²) in [5.74, 6) is 0.970. The number of hydrogen-bond acceptors (Lipinski definition) is 4. The summed E-state index contributed by atoms with van der Waals surface area (Å²) in [5, 5.41) is 12.6. The number of nitrogens with zero attached hydrogens (tertiary/aromatic N) is 3. The number of pyridine rings is 1. The lowest BCUT2D eigenvalue weighted by atomic mass is 9.94. The van der Waals surface area contributed by atoms with E-state index >= 15 is 0 Å². The van der Waals surface area contributed by atoms with Crippen molar-refractivity contribution in [3.63, 3.8) is 0 Å². The minimum absolute atomic E-state index is 0.540. The second-order valence-corrected chi connectivity index (χ2v) is 5.47. The molecule has 0 aliphatic carbocycles. The first-order valence-electron chi connectivity index (χ1n) is 7.24. The van der Waals surface area contributed by atoms with Gasteiger partial charge in [0.1, 0.15) is 5.82 Å². The zero-order valence-electron chi connectivity index (χ0n) is 11.2. The second kappa shape index (κ2) is 5.58. The Kier molecular flexibility index (Phi) is 3.65. The molecule has 0 radical (unpaired) electrons. The molecule has 1 N–H and O–H groups in total. The highest BCUT2D eigenvalue weighted by molar-refractivity contribution is 5.46. The molecule has 19 heavy (non-hydrogen) atoms. The third kappa shape index (κ3) is 2.57. The molecule has 0 amide bonds. The van der Waals surface area contributed by atoms with Crippen molar-refractivity contribution in [3.8, 4) is 6.07 Å². The van der Waals surface area contributed by atoms with E-state index in [0.717, 1.165) is 18.9 Å². The summed E-state index contributed by atoms with van der Waals surface area (Å²) in [7, 11) is 0. The average Bonchev–Trinajstić information content (AvgIpc) is 3.01. The highest BCUT2D eigenvalue weighted by Gasteiger charge is 2.32. The molecule has 1 aromatic heterocycles. The molecular weight excluding hydrogens is 236 g/mol. The third-order valence-electron chi connectivity index (χ3n) is 4.28. The highest BCUT2D eigenvalue weighted by atomic mass is 15.2. The molecule has 2 aliphatic rings. The van der Waals surface area contributed by atoms with Crippen LogP contribution in [-0.2, 0) is 0 Å². The molecule has 100 valence electrons. The van der Waals surface area contributed by atoms with Crippen molar-refractivity contribution in [2.75, 3.05) is 18.0 Å². The van der Waals surface area contributed by atoms with Crippen LogP contribution in [0.1, 0.15) is 37.7 Å². The molecule has 0 spiro atoms. The molecule has 1 aromatic rings. The summed E-state index contributed by atoms with van der Waals surface area (Å²) in [5.41, 5.74) is 0.703. The van der Waals surface area contributed by atoms with Gasteiger partial charge in [0.05, 0.1) is 11.6 Å². The van der Waals surface area contributed by atoms with Crippen LogP contribution in [0, 0.1) is 11.3 Å². The SMILES string of the molecule is N#Cc1ccnc(N2CCCCC2C2CCCN2)c1. The van der Waals surface area contributed by atoms with E-state index in [9.17, 15) is 0 Å². The summed E-state index contributed by atoms with van der Waals surface area (Å²) in [6.07, 6.45) is 8.05. The molecule has 2 fully saturated rings. The minimum atomic E-state index is 0.540. The van der Waals surface area contributed by atoms with Gasteiger partial charge in [0.15, 0.2) is 0 Å². The summed E-state index contributed by atoms with van der Waals surface area (Å²) >= 11 is 0. The van der Waals surface area contributed by atoms with Crippen molar-refractivity contribution in [1.29, 1.82) is 5.26 Å². The Hall–Kier alpha value is -1.60. The van der Waals surface area contributed by atoms with Gasteiger partial charge < -0.3 is 10.2 Å². The Morgan fingerprint density at radius 2 is 2.26 bits per heavy atom. The number of nitriles is 1. The van der Waals surface area contributed by atoms with E-state index in [1.807, 2.05) is 6.07 Å². The van der Waals surface area contributed by atoms with E-state index in [-0.39, 0.29) is 0 Å². The summed E-state index contributed by atoms with van der Waals surface area (Å²) in [6.45, 7) is 2.20. The van der Waals surface area contributed by atoms with E-state index < -0.39 is 0 Å². The van der Waals surface area contributed by atoms with Crippen molar-refractivity contribution in [1.82, 2.24) is 10.3 Å². The molecule has 2 unspecified atom stereocenters. The summed E-state index contributed by atoms with van der Waals surface area (Å²) in [4.78, 5) is 6.89. The second-order valence-electron chi connectivity index (χ2n) is 5.47. The van der Waals surface area contributed by atoms with E-state index in [0.29, 0.717) is 17.6 Å². The van der Waals surface area contributed by atoms with Crippen molar-refractivity contribution < 1.29 is 0 Å². The minimum Gasteiger partial charge on any atom is -0.352 e. The van der Waals surface area contributed by atoms with Crippen LogP contribution in [0.2, 0.25) is 0 Å². The molecule has 0 bridgehead atoms. The Balaban J connectivity index is 1.84. The maximum absolute atomic E-state index is 9.03. The number of nitrogens with one attached hydrogen (secondary N) is 1. The average molecular weight is 256 g/mol. The van der Waals surface area contributed by atoms with Crippen LogP contribution in [-0.4, -0.2) is 30.2 Å². The van der Waals surface area contributed by atoms with Crippen molar-refractivity contribution in [3.05, 3.63) is 23.9 Å². The molecule has 4 heteroatoms. The monoisotopic (exact) mass is 256 g/mol. The van der Waals surface area contributed by atoms with Crippen molar-refractivity contribution in [2.24, 2.45) is 0 Å². The first-order chi connectivity index (χ1) is 9.38. The van der Waals surface area contributed by atoms with Crippen LogP contribution >= 0.6 is 0 Å². The first kappa shape index (κ1) is 12.4. The predicted molar refractivity (Wildman–Crippen MR) is 75.0 cm³/mol. The van der Waals surface area contributed by atoms with Crippen LogP contribution in [0.25, 0.3) is 0 Å². The molecule has 2 atom stereocenters. The molecule has 0 aromatic carbocycles. The van der Waals surface area contributed by atoms with Gasteiger partial charge in [0.25, 0.3) is 0 Å². The Bertz CT molecular complexity index is 473. The lowest BCUT2D eigenvalue weighted by Crippen LogP contribution is -2.50. The third-order valence-corrected chi connectivity index (χ3v) is 4.28. The van der Waals surface area contributed by atoms with Gasteiger partial charge in [-0.05, 0) is 50.8 Å². The van der Waals surface area contributed by atoms with E-state index in [1.165, 1.54) is 32.1 Å². The standard InChI is InChI=1S/C15H20N4/c16-11-12-6-8-18-15(10-12)19-9-2-1-5-14(19)13-4-3-7-17-13/h6,8,10,13-14,17H,1-5,7,9H2. The van der Waals surface area contributed by atoms with Crippen LogP contribution in [0.15, 0.2) is 18.3 Å². The van der Waals surface area contributed by atoms with Crippen LogP contribution in [0.3, 0.4) is 0 Å². The highest BCUT2D eigenvalue weighted by Crippen LogP contribution is 2.28. The number of rotatable bonds is 2. The molecule has 2 saturated heterocycles. The lowest BCUT2D eigenvalue weighted by molar-refractivity contribution is 0.376. The zero-order chi connectivity index (χ0) is 13.1. The van der Waals surface area contributed by atoms with Gasteiger partial charge in [-0.1, -0.05) is 0 Å². The summed E-state index contributed by atoms with van der Waals surface area (Å²) < 4.78 is 0. The Morgan fingerprint density at radius 3 is 3.05 bits per heavy atom.